The number of fused-ring (bicyclic) bond motifs is 1. The molecule has 1 heterocycles. The molecule has 0 radical (unpaired) electrons. The summed E-state index contributed by atoms with van der Waals surface area (Å²) in [5.74, 6) is 0.162. The van der Waals surface area contributed by atoms with Crippen LogP contribution in [0.3, 0.4) is 0 Å². The standard InChI is InChI=1S/C33H38N4O3/c1-22(2)18-29(35-31(38)21-40-32-23(3)12-11-13-24(32)4)33(39)36-34-19-28-25(5)37(20-26-14-7-6-8-15-26)30-17-10-9-16-27(28)30/h6-17,19,22,29H,18,20-21H2,1-5H3,(H,35,38)(H,36,39)/b34-19-/t29-/m1/s1. The highest BCUT2D eigenvalue weighted by Crippen LogP contribution is 2.26. The Kier molecular flexibility index (Phi) is 9.38. The molecular weight excluding hydrogens is 500 g/mol. The van der Waals surface area contributed by atoms with Crippen molar-refractivity contribution in [3.63, 3.8) is 0 Å². The summed E-state index contributed by atoms with van der Waals surface area (Å²) in [6, 6.07) is 23.6. The molecule has 0 aliphatic heterocycles. The lowest BCUT2D eigenvalue weighted by atomic mass is 10.0. The number of nitrogens with one attached hydrogen (secondary N) is 2. The third-order valence-corrected chi connectivity index (χ3v) is 6.95. The molecule has 208 valence electrons. The predicted octanol–water partition coefficient (Wildman–Crippen LogP) is 5.67. The number of hydrazone groups is 1. The van der Waals surface area contributed by atoms with Gasteiger partial charge in [0, 0.05) is 28.7 Å². The molecule has 3 aromatic carbocycles. The molecule has 0 unspecified atom stereocenters. The fourth-order valence-corrected chi connectivity index (χ4v) is 4.93. The Bertz CT molecular complexity index is 1480. The van der Waals surface area contributed by atoms with Crippen LogP contribution in [0.1, 0.15) is 48.2 Å². The number of hydrogen-bond donors (Lipinski definition) is 2. The molecule has 2 N–H and O–H groups in total. The fraction of sp³-hybridized carbons (Fsp3) is 0.303. The van der Waals surface area contributed by atoms with Crippen molar-refractivity contribution in [1.29, 1.82) is 0 Å². The molecule has 0 fully saturated rings. The van der Waals surface area contributed by atoms with E-state index in [1.807, 2.05) is 76.2 Å². The second kappa shape index (κ2) is 13.1. The molecule has 0 saturated heterocycles. The zero-order chi connectivity index (χ0) is 28.6. The minimum Gasteiger partial charge on any atom is -0.483 e. The largest absolute Gasteiger partial charge is 0.483 e. The Morgan fingerprint density at radius 1 is 0.925 bits per heavy atom. The molecule has 4 rings (SSSR count). The molecule has 2 amide bonds. The molecule has 0 spiro atoms. The molecule has 40 heavy (non-hydrogen) atoms. The normalized spacial score (nSPS) is 12.2. The Labute approximate surface area is 236 Å². The van der Waals surface area contributed by atoms with E-state index < -0.39 is 6.04 Å². The molecule has 0 saturated carbocycles. The number of carbonyl (C=O) groups excluding carboxylic acids is 2. The first-order chi connectivity index (χ1) is 19.2. The van der Waals surface area contributed by atoms with E-state index in [9.17, 15) is 9.59 Å². The highest BCUT2D eigenvalue weighted by atomic mass is 16.5. The van der Waals surface area contributed by atoms with Gasteiger partial charge in [-0.15, -0.1) is 0 Å². The number of aryl methyl sites for hydroxylation is 2. The van der Waals surface area contributed by atoms with Gasteiger partial charge in [-0.25, -0.2) is 5.43 Å². The third-order valence-electron chi connectivity index (χ3n) is 6.95. The summed E-state index contributed by atoms with van der Waals surface area (Å²) in [5, 5.41) is 8.19. The number of nitrogens with zero attached hydrogens (tertiary/aromatic N) is 2. The summed E-state index contributed by atoms with van der Waals surface area (Å²) in [7, 11) is 0. The molecule has 7 heteroatoms. The summed E-state index contributed by atoms with van der Waals surface area (Å²) in [5.41, 5.74) is 8.87. The van der Waals surface area contributed by atoms with Crippen LogP contribution in [-0.4, -0.2) is 35.2 Å². The van der Waals surface area contributed by atoms with Crippen LogP contribution >= 0.6 is 0 Å². The molecule has 7 nitrogen and oxygen atoms in total. The van der Waals surface area contributed by atoms with E-state index in [0.717, 1.165) is 39.8 Å². The number of hydrogen-bond acceptors (Lipinski definition) is 4. The van der Waals surface area contributed by atoms with Crippen molar-refractivity contribution in [2.45, 2.75) is 53.6 Å². The summed E-state index contributed by atoms with van der Waals surface area (Å²) in [6.07, 6.45) is 2.17. The lowest BCUT2D eigenvalue weighted by molar-refractivity contribution is -0.130. The van der Waals surface area contributed by atoms with Gasteiger partial charge in [0.1, 0.15) is 11.8 Å². The summed E-state index contributed by atoms with van der Waals surface area (Å²) >= 11 is 0. The maximum Gasteiger partial charge on any atom is 0.262 e. The summed E-state index contributed by atoms with van der Waals surface area (Å²) in [6.45, 7) is 10.5. The average molecular weight is 539 g/mol. The van der Waals surface area contributed by atoms with Crippen LogP contribution in [0.15, 0.2) is 77.9 Å². The van der Waals surface area contributed by atoms with Crippen molar-refractivity contribution >= 4 is 28.9 Å². The molecule has 1 atom stereocenters. The van der Waals surface area contributed by atoms with Gasteiger partial charge in [-0.2, -0.15) is 5.10 Å². The number of para-hydroxylation sites is 2. The Balaban J connectivity index is 1.45. The zero-order valence-corrected chi connectivity index (χ0v) is 23.9. The molecule has 1 aromatic heterocycles. The van der Waals surface area contributed by atoms with Gasteiger partial charge in [0.25, 0.3) is 11.8 Å². The van der Waals surface area contributed by atoms with Gasteiger partial charge in [-0.3, -0.25) is 9.59 Å². The minimum atomic E-state index is -0.730. The van der Waals surface area contributed by atoms with Gasteiger partial charge >= 0.3 is 0 Å². The monoisotopic (exact) mass is 538 g/mol. The molecule has 0 aliphatic rings. The number of carbonyl (C=O) groups is 2. The Morgan fingerprint density at radius 3 is 2.30 bits per heavy atom. The zero-order valence-electron chi connectivity index (χ0n) is 23.9. The van der Waals surface area contributed by atoms with E-state index in [1.54, 1.807) is 6.21 Å². The second-order valence-electron chi connectivity index (χ2n) is 10.6. The van der Waals surface area contributed by atoms with Crippen molar-refractivity contribution < 1.29 is 14.3 Å². The number of ether oxygens (including phenoxy) is 1. The Morgan fingerprint density at radius 2 is 1.60 bits per heavy atom. The van der Waals surface area contributed by atoms with E-state index in [-0.39, 0.29) is 24.3 Å². The lowest BCUT2D eigenvalue weighted by Gasteiger charge is -2.19. The van der Waals surface area contributed by atoms with E-state index in [0.29, 0.717) is 12.2 Å². The fourth-order valence-electron chi connectivity index (χ4n) is 4.93. The van der Waals surface area contributed by atoms with Crippen LogP contribution in [-0.2, 0) is 16.1 Å². The molecular formula is C33H38N4O3. The number of rotatable bonds is 11. The van der Waals surface area contributed by atoms with E-state index in [4.69, 9.17) is 4.74 Å². The smallest absolute Gasteiger partial charge is 0.262 e. The first-order valence-electron chi connectivity index (χ1n) is 13.7. The lowest BCUT2D eigenvalue weighted by Crippen LogP contribution is -2.47. The van der Waals surface area contributed by atoms with Gasteiger partial charge in [-0.05, 0) is 55.9 Å². The van der Waals surface area contributed by atoms with Gasteiger partial charge in [0.2, 0.25) is 0 Å². The highest BCUT2D eigenvalue weighted by Gasteiger charge is 2.22. The van der Waals surface area contributed by atoms with Gasteiger partial charge < -0.3 is 14.6 Å². The maximum absolute atomic E-state index is 13.1. The van der Waals surface area contributed by atoms with Crippen LogP contribution in [0.5, 0.6) is 5.75 Å². The molecule has 4 aromatic rings. The Hall–Kier alpha value is -4.39. The van der Waals surface area contributed by atoms with E-state index >= 15 is 0 Å². The van der Waals surface area contributed by atoms with Crippen LogP contribution in [0.2, 0.25) is 0 Å². The summed E-state index contributed by atoms with van der Waals surface area (Å²) < 4.78 is 8.03. The topological polar surface area (TPSA) is 84.7 Å². The minimum absolute atomic E-state index is 0.170. The molecule has 0 bridgehead atoms. The van der Waals surface area contributed by atoms with Gasteiger partial charge in [0.05, 0.1) is 6.21 Å². The van der Waals surface area contributed by atoms with Crippen molar-refractivity contribution in [2.24, 2.45) is 11.0 Å². The van der Waals surface area contributed by atoms with E-state index in [2.05, 4.69) is 51.6 Å². The maximum atomic E-state index is 13.1. The number of benzene rings is 3. The average Bonchev–Trinajstić information content (AvgIpc) is 3.19. The van der Waals surface area contributed by atoms with Crippen molar-refractivity contribution in [3.05, 3.63) is 101 Å². The quantitative estimate of drug-likeness (QED) is 0.190. The van der Waals surface area contributed by atoms with Crippen LogP contribution in [0, 0.1) is 26.7 Å². The predicted molar refractivity (Wildman–Crippen MR) is 161 cm³/mol. The molecule has 0 aliphatic carbocycles. The van der Waals surface area contributed by atoms with Crippen LogP contribution in [0.4, 0.5) is 0 Å². The van der Waals surface area contributed by atoms with Gasteiger partial charge in [0.15, 0.2) is 6.61 Å². The van der Waals surface area contributed by atoms with Crippen molar-refractivity contribution in [1.82, 2.24) is 15.3 Å². The number of amides is 2. The number of aromatic nitrogens is 1. The third kappa shape index (κ3) is 6.97. The van der Waals surface area contributed by atoms with E-state index in [1.165, 1.54) is 5.56 Å². The van der Waals surface area contributed by atoms with Crippen LogP contribution in [0.25, 0.3) is 10.9 Å². The van der Waals surface area contributed by atoms with Crippen molar-refractivity contribution in [2.75, 3.05) is 6.61 Å². The summed E-state index contributed by atoms with van der Waals surface area (Å²) in [4.78, 5) is 25.8. The first kappa shape index (κ1) is 28.6. The highest BCUT2D eigenvalue weighted by molar-refractivity contribution is 6.01. The first-order valence-corrected chi connectivity index (χ1v) is 13.7. The second-order valence-corrected chi connectivity index (χ2v) is 10.6. The van der Waals surface area contributed by atoms with Crippen molar-refractivity contribution in [3.8, 4) is 5.75 Å². The van der Waals surface area contributed by atoms with Crippen LogP contribution < -0.4 is 15.5 Å². The van der Waals surface area contributed by atoms with Gasteiger partial charge in [-0.1, -0.05) is 80.6 Å². The SMILES string of the molecule is Cc1cccc(C)c1OCC(=O)N[C@H](CC(C)C)C(=O)N/N=C\c1c(C)n(Cc2ccccc2)c2ccccc12.